The van der Waals surface area contributed by atoms with Crippen molar-refractivity contribution < 1.29 is 9.53 Å². The summed E-state index contributed by atoms with van der Waals surface area (Å²) in [7, 11) is 5.17. The second kappa shape index (κ2) is 5.03. The molecule has 6 nitrogen and oxygen atoms in total. The molecule has 0 unspecified atom stereocenters. The standard InChI is InChI=1S/C14H18N4O2/c1-14(2)13(18(3)4)16-11(17-14)9-7-6-8-15-10(9)12(19)20-5/h6-8H,1-5H3. The highest BCUT2D eigenvalue weighted by molar-refractivity contribution is 6.16. The van der Waals surface area contributed by atoms with Gasteiger partial charge in [-0.05, 0) is 26.0 Å². The third-order valence-corrected chi connectivity index (χ3v) is 3.00. The number of methoxy groups -OCH3 is 1. The van der Waals surface area contributed by atoms with E-state index in [4.69, 9.17) is 4.74 Å². The number of carbonyl (C=O) groups excluding carboxylic acids is 1. The maximum Gasteiger partial charge on any atom is 0.357 e. The van der Waals surface area contributed by atoms with Gasteiger partial charge in [0, 0.05) is 20.3 Å². The van der Waals surface area contributed by atoms with E-state index < -0.39 is 11.5 Å². The third-order valence-electron chi connectivity index (χ3n) is 3.00. The van der Waals surface area contributed by atoms with Crippen LogP contribution in [0, 0.1) is 0 Å². The Bertz CT molecular complexity index is 603. The lowest BCUT2D eigenvalue weighted by Gasteiger charge is -2.23. The van der Waals surface area contributed by atoms with Gasteiger partial charge in [-0.1, -0.05) is 0 Å². The zero-order chi connectivity index (χ0) is 14.9. The highest BCUT2D eigenvalue weighted by Gasteiger charge is 2.33. The normalized spacial score (nSPS) is 16.4. The van der Waals surface area contributed by atoms with Crippen LogP contribution >= 0.6 is 0 Å². The van der Waals surface area contributed by atoms with Gasteiger partial charge in [0.25, 0.3) is 0 Å². The Morgan fingerprint density at radius 1 is 1.35 bits per heavy atom. The van der Waals surface area contributed by atoms with Crippen molar-refractivity contribution in [3.05, 3.63) is 29.6 Å². The molecule has 0 N–H and O–H groups in total. The van der Waals surface area contributed by atoms with E-state index in [1.165, 1.54) is 7.11 Å². The van der Waals surface area contributed by atoms with E-state index in [2.05, 4.69) is 15.0 Å². The van der Waals surface area contributed by atoms with Crippen LogP contribution in [0.15, 0.2) is 28.3 Å². The van der Waals surface area contributed by atoms with Gasteiger partial charge in [0.1, 0.15) is 11.4 Å². The van der Waals surface area contributed by atoms with Crippen LogP contribution < -0.4 is 0 Å². The Balaban J connectivity index is 2.52. The summed E-state index contributed by atoms with van der Waals surface area (Å²) in [4.78, 5) is 26.9. The lowest BCUT2D eigenvalue weighted by molar-refractivity contribution is 0.0594. The fraction of sp³-hybridized carbons (Fsp3) is 0.429. The van der Waals surface area contributed by atoms with Gasteiger partial charge in [-0.3, -0.25) is 4.99 Å². The minimum atomic E-state index is -0.491. The molecular formula is C14H18N4O2. The smallest absolute Gasteiger partial charge is 0.357 e. The zero-order valence-corrected chi connectivity index (χ0v) is 12.3. The van der Waals surface area contributed by atoms with Gasteiger partial charge >= 0.3 is 5.97 Å². The molecule has 6 heteroatoms. The van der Waals surface area contributed by atoms with E-state index >= 15 is 0 Å². The van der Waals surface area contributed by atoms with Crippen LogP contribution in [0.25, 0.3) is 0 Å². The Labute approximate surface area is 118 Å². The van der Waals surface area contributed by atoms with Gasteiger partial charge in [-0.2, -0.15) is 0 Å². The third kappa shape index (κ3) is 2.41. The predicted octanol–water partition coefficient (Wildman–Crippen LogP) is 1.37. The van der Waals surface area contributed by atoms with Crippen molar-refractivity contribution in [3.8, 4) is 0 Å². The van der Waals surface area contributed by atoms with Crippen LogP contribution in [0.4, 0.5) is 0 Å². The summed E-state index contributed by atoms with van der Waals surface area (Å²) in [6.45, 7) is 3.96. The van der Waals surface area contributed by atoms with Crippen LogP contribution in [0.5, 0.6) is 0 Å². The van der Waals surface area contributed by atoms with E-state index in [-0.39, 0.29) is 5.69 Å². The number of ether oxygens (including phenoxy) is 1. The maximum atomic E-state index is 11.8. The monoisotopic (exact) mass is 274 g/mol. The van der Waals surface area contributed by atoms with Crippen molar-refractivity contribution in [2.45, 2.75) is 19.4 Å². The average Bonchev–Trinajstić information content (AvgIpc) is 2.73. The van der Waals surface area contributed by atoms with Crippen molar-refractivity contribution in [1.82, 2.24) is 9.88 Å². The fourth-order valence-corrected chi connectivity index (χ4v) is 2.19. The van der Waals surface area contributed by atoms with Crippen LogP contribution in [0.1, 0.15) is 29.9 Å². The lowest BCUT2D eigenvalue weighted by atomic mass is 10.1. The van der Waals surface area contributed by atoms with E-state index in [0.717, 1.165) is 5.84 Å². The molecule has 0 saturated heterocycles. The largest absolute Gasteiger partial charge is 0.464 e. The van der Waals surface area contributed by atoms with Crippen LogP contribution in [-0.4, -0.2) is 54.3 Å². The number of carbonyl (C=O) groups is 1. The summed E-state index contributed by atoms with van der Waals surface area (Å²) < 4.78 is 4.75. The van der Waals surface area contributed by atoms with E-state index in [9.17, 15) is 4.79 Å². The number of esters is 1. The summed E-state index contributed by atoms with van der Waals surface area (Å²) in [5, 5.41) is 0. The first-order valence-electron chi connectivity index (χ1n) is 6.27. The molecule has 1 aromatic rings. The highest BCUT2D eigenvalue weighted by atomic mass is 16.5. The van der Waals surface area contributed by atoms with Gasteiger partial charge in [-0.15, -0.1) is 0 Å². The number of aliphatic imine (C=N–C) groups is 2. The summed E-state index contributed by atoms with van der Waals surface area (Å²) >= 11 is 0. The van der Waals surface area contributed by atoms with Crippen molar-refractivity contribution in [3.63, 3.8) is 0 Å². The van der Waals surface area contributed by atoms with Crippen molar-refractivity contribution in [2.75, 3.05) is 21.2 Å². The second-order valence-corrected chi connectivity index (χ2v) is 5.22. The molecule has 1 aliphatic heterocycles. The van der Waals surface area contributed by atoms with Crippen molar-refractivity contribution in [1.29, 1.82) is 0 Å². The van der Waals surface area contributed by atoms with Crippen LogP contribution in [0.2, 0.25) is 0 Å². The van der Waals surface area contributed by atoms with E-state index in [1.807, 2.05) is 32.8 Å². The molecule has 1 aromatic heterocycles. The number of hydrogen-bond acceptors (Lipinski definition) is 6. The van der Waals surface area contributed by atoms with E-state index in [1.54, 1.807) is 18.3 Å². The van der Waals surface area contributed by atoms with Gasteiger partial charge in [0.05, 0.1) is 12.7 Å². The van der Waals surface area contributed by atoms with Gasteiger partial charge < -0.3 is 9.64 Å². The molecule has 0 saturated carbocycles. The van der Waals surface area contributed by atoms with Crippen molar-refractivity contribution in [2.24, 2.45) is 9.98 Å². The van der Waals surface area contributed by atoms with Crippen LogP contribution in [-0.2, 0) is 4.74 Å². The number of nitrogens with zero attached hydrogens (tertiary/aromatic N) is 4. The molecule has 0 atom stereocenters. The molecule has 0 amide bonds. The highest BCUT2D eigenvalue weighted by Crippen LogP contribution is 2.24. The van der Waals surface area contributed by atoms with Gasteiger partial charge in [0.15, 0.2) is 11.5 Å². The molecule has 106 valence electrons. The molecule has 0 spiro atoms. The first kappa shape index (κ1) is 14.2. The Hall–Kier alpha value is -2.24. The molecule has 0 radical (unpaired) electrons. The molecule has 20 heavy (non-hydrogen) atoms. The average molecular weight is 274 g/mol. The summed E-state index contributed by atoms with van der Waals surface area (Å²) in [5.41, 5.74) is 0.389. The van der Waals surface area contributed by atoms with Gasteiger partial charge in [0.2, 0.25) is 0 Å². The molecule has 0 bridgehead atoms. The summed E-state index contributed by atoms with van der Waals surface area (Å²) in [6.07, 6.45) is 1.55. The quantitative estimate of drug-likeness (QED) is 0.764. The summed E-state index contributed by atoms with van der Waals surface area (Å²) in [6, 6.07) is 3.52. The molecule has 0 aromatic carbocycles. The first-order valence-corrected chi connectivity index (χ1v) is 6.27. The predicted molar refractivity (Wildman–Crippen MR) is 77.3 cm³/mol. The fourth-order valence-electron chi connectivity index (χ4n) is 2.19. The zero-order valence-electron chi connectivity index (χ0n) is 12.3. The van der Waals surface area contributed by atoms with E-state index in [0.29, 0.717) is 11.4 Å². The lowest BCUT2D eigenvalue weighted by Crippen LogP contribution is -2.37. The minimum absolute atomic E-state index is 0.230. The molecule has 2 rings (SSSR count). The Kier molecular flexibility index (Phi) is 3.57. The number of aromatic nitrogens is 1. The van der Waals surface area contributed by atoms with Gasteiger partial charge in [-0.25, -0.2) is 14.8 Å². The molecule has 2 heterocycles. The second-order valence-electron chi connectivity index (χ2n) is 5.22. The Morgan fingerprint density at radius 3 is 2.60 bits per heavy atom. The maximum absolute atomic E-state index is 11.8. The molecule has 1 aliphatic rings. The molecule has 0 aliphatic carbocycles. The molecule has 0 fully saturated rings. The molecular weight excluding hydrogens is 256 g/mol. The summed E-state index contributed by atoms with van der Waals surface area (Å²) in [5.74, 6) is 0.856. The van der Waals surface area contributed by atoms with Crippen LogP contribution in [0.3, 0.4) is 0 Å². The number of hydrogen-bond donors (Lipinski definition) is 0. The number of likely N-dealkylation sites (N-methyl/N-ethyl adjacent to an activating group) is 1. The minimum Gasteiger partial charge on any atom is -0.464 e. The SMILES string of the molecule is COC(=O)c1ncccc1C1=NC(C)(C)C(N(C)C)=N1. The topological polar surface area (TPSA) is 67.2 Å². The Morgan fingerprint density at radius 2 is 2.05 bits per heavy atom. The number of amidine groups is 2. The first-order chi connectivity index (χ1) is 9.36. The van der Waals surface area contributed by atoms with Crippen molar-refractivity contribution >= 4 is 17.6 Å². The number of rotatable bonds is 2. The number of pyridine rings is 1.